The van der Waals surface area contributed by atoms with Crippen LogP contribution in [0.3, 0.4) is 0 Å². The van der Waals surface area contributed by atoms with Crippen LogP contribution in [0.25, 0.3) is 10.8 Å². The van der Waals surface area contributed by atoms with Crippen molar-refractivity contribution < 1.29 is 9.00 Å². The second-order valence-corrected chi connectivity index (χ2v) is 8.27. The third-order valence-corrected chi connectivity index (χ3v) is 5.96. The Kier molecular flexibility index (Phi) is 3.57. The minimum absolute atomic E-state index is 0.0385. The summed E-state index contributed by atoms with van der Waals surface area (Å²) in [5.41, 5.74) is 0.733. The largest absolute Gasteiger partial charge is 0.336 e. The van der Waals surface area contributed by atoms with Gasteiger partial charge in [0.05, 0.1) is 4.75 Å². The topological polar surface area (TPSA) is 37.4 Å². The van der Waals surface area contributed by atoms with Gasteiger partial charge in [-0.2, -0.15) is 0 Å². The highest BCUT2D eigenvalue weighted by molar-refractivity contribution is 7.86. The molecule has 1 saturated heterocycles. The molecule has 0 bridgehead atoms. The van der Waals surface area contributed by atoms with Crippen LogP contribution < -0.4 is 0 Å². The second kappa shape index (κ2) is 5.26. The van der Waals surface area contributed by atoms with Gasteiger partial charge < -0.3 is 4.90 Å². The molecule has 110 valence electrons. The van der Waals surface area contributed by atoms with Gasteiger partial charge in [-0.25, -0.2) is 0 Å². The monoisotopic (exact) mass is 301 g/mol. The number of hydrogen-bond donors (Lipinski definition) is 0. The lowest BCUT2D eigenvalue weighted by Gasteiger charge is -2.37. The quantitative estimate of drug-likeness (QED) is 0.812. The third kappa shape index (κ3) is 2.60. The lowest BCUT2D eigenvalue weighted by Crippen LogP contribution is -2.52. The maximum Gasteiger partial charge on any atom is 0.254 e. The summed E-state index contributed by atoms with van der Waals surface area (Å²) in [5, 5.41) is 2.05. The van der Waals surface area contributed by atoms with E-state index in [0.29, 0.717) is 18.8 Å². The van der Waals surface area contributed by atoms with E-state index in [1.54, 1.807) is 0 Å². The fourth-order valence-electron chi connectivity index (χ4n) is 2.84. The van der Waals surface area contributed by atoms with E-state index in [1.165, 1.54) is 0 Å². The van der Waals surface area contributed by atoms with E-state index in [9.17, 15) is 9.00 Å². The van der Waals surface area contributed by atoms with Crippen LogP contribution in [0.1, 0.15) is 24.2 Å². The Morgan fingerprint density at radius 1 is 1.14 bits per heavy atom. The minimum Gasteiger partial charge on any atom is -0.336 e. The van der Waals surface area contributed by atoms with Crippen molar-refractivity contribution in [1.82, 2.24) is 4.90 Å². The predicted octanol–water partition coefficient (Wildman–Crippen LogP) is 2.82. The van der Waals surface area contributed by atoms with Crippen LogP contribution in [-0.2, 0) is 10.8 Å². The maximum atomic E-state index is 12.8. The fourth-order valence-corrected chi connectivity index (χ4v) is 4.07. The summed E-state index contributed by atoms with van der Waals surface area (Å²) in [6, 6.07) is 13.7. The van der Waals surface area contributed by atoms with Gasteiger partial charge in [0.25, 0.3) is 5.91 Å². The second-order valence-electron chi connectivity index (χ2n) is 6.06. The molecule has 0 unspecified atom stereocenters. The van der Waals surface area contributed by atoms with Crippen molar-refractivity contribution in [2.45, 2.75) is 18.6 Å². The first kappa shape index (κ1) is 14.3. The average molecular weight is 301 g/mol. The first-order valence-corrected chi connectivity index (χ1v) is 8.46. The molecule has 1 atom stereocenters. The van der Waals surface area contributed by atoms with Crippen molar-refractivity contribution in [3.63, 3.8) is 0 Å². The molecule has 2 aromatic carbocycles. The Labute approximate surface area is 127 Å². The number of hydrogen-bond acceptors (Lipinski definition) is 2. The molecule has 1 aliphatic rings. The van der Waals surface area contributed by atoms with Crippen molar-refractivity contribution in [1.29, 1.82) is 0 Å². The Balaban J connectivity index is 1.96. The highest BCUT2D eigenvalue weighted by atomic mass is 32.2. The van der Waals surface area contributed by atoms with E-state index in [-0.39, 0.29) is 10.7 Å². The van der Waals surface area contributed by atoms with Crippen molar-refractivity contribution in [3.8, 4) is 0 Å². The lowest BCUT2D eigenvalue weighted by atomic mass is 10.0. The van der Waals surface area contributed by atoms with Gasteiger partial charge in [0, 0.05) is 35.2 Å². The molecule has 21 heavy (non-hydrogen) atoms. The Morgan fingerprint density at radius 3 is 2.62 bits per heavy atom. The van der Waals surface area contributed by atoms with Gasteiger partial charge in [0.15, 0.2) is 0 Å². The van der Waals surface area contributed by atoms with Gasteiger partial charge in [0.1, 0.15) is 0 Å². The molecule has 1 heterocycles. The Morgan fingerprint density at radius 2 is 1.86 bits per heavy atom. The SMILES string of the molecule is CC1(C)CN(C(=O)c2cccc3ccccc23)CC[S@@]1=O. The number of fused-ring (bicyclic) bond motifs is 1. The maximum absolute atomic E-state index is 12.8. The summed E-state index contributed by atoms with van der Waals surface area (Å²) in [6.45, 7) is 5.04. The zero-order valence-corrected chi connectivity index (χ0v) is 13.2. The number of nitrogens with zero attached hydrogens (tertiary/aromatic N) is 1. The molecular weight excluding hydrogens is 282 g/mol. The van der Waals surface area contributed by atoms with Gasteiger partial charge in [-0.3, -0.25) is 9.00 Å². The molecule has 4 heteroatoms. The van der Waals surface area contributed by atoms with Crippen molar-refractivity contribution in [3.05, 3.63) is 48.0 Å². The molecule has 1 amide bonds. The van der Waals surface area contributed by atoms with Crippen LogP contribution in [0.2, 0.25) is 0 Å². The fraction of sp³-hybridized carbons (Fsp3) is 0.353. The standard InChI is InChI=1S/C17H19NO2S/c1-17(2)12-18(10-11-21(17)20)16(19)15-9-5-7-13-6-3-4-8-14(13)15/h3-9H,10-12H2,1-2H3/t21-/m0/s1. The van der Waals surface area contributed by atoms with Crippen LogP contribution in [0, 0.1) is 0 Å². The molecule has 1 aliphatic heterocycles. The van der Waals surface area contributed by atoms with Crippen molar-refractivity contribution >= 4 is 27.5 Å². The minimum atomic E-state index is -0.865. The molecule has 0 saturated carbocycles. The predicted molar refractivity (Wildman–Crippen MR) is 86.9 cm³/mol. The summed E-state index contributed by atoms with van der Waals surface area (Å²) < 4.78 is 11.7. The Hall–Kier alpha value is -1.68. The van der Waals surface area contributed by atoms with Crippen molar-refractivity contribution in [2.24, 2.45) is 0 Å². The van der Waals surface area contributed by atoms with Crippen LogP contribution in [0.4, 0.5) is 0 Å². The van der Waals surface area contributed by atoms with E-state index in [1.807, 2.05) is 61.2 Å². The molecule has 0 aromatic heterocycles. The molecule has 1 fully saturated rings. The first-order valence-electron chi connectivity index (χ1n) is 7.14. The molecule has 3 nitrogen and oxygen atoms in total. The molecule has 2 aromatic rings. The molecule has 0 spiro atoms. The lowest BCUT2D eigenvalue weighted by molar-refractivity contribution is 0.0748. The van der Waals surface area contributed by atoms with E-state index in [4.69, 9.17) is 0 Å². The number of carbonyl (C=O) groups is 1. The van der Waals surface area contributed by atoms with Gasteiger partial charge in [-0.1, -0.05) is 36.4 Å². The third-order valence-electron chi connectivity index (χ3n) is 4.04. The summed E-state index contributed by atoms with van der Waals surface area (Å²) in [4.78, 5) is 14.7. The summed E-state index contributed by atoms with van der Waals surface area (Å²) in [7, 11) is -0.865. The summed E-state index contributed by atoms with van der Waals surface area (Å²) in [5.74, 6) is 0.598. The highest BCUT2D eigenvalue weighted by Crippen LogP contribution is 2.24. The smallest absolute Gasteiger partial charge is 0.254 e. The van der Waals surface area contributed by atoms with E-state index < -0.39 is 10.8 Å². The van der Waals surface area contributed by atoms with Gasteiger partial charge >= 0.3 is 0 Å². The molecule has 0 N–H and O–H groups in total. The molecule has 3 rings (SSSR count). The van der Waals surface area contributed by atoms with Crippen LogP contribution in [0.5, 0.6) is 0 Å². The summed E-state index contributed by atoms with van der Waals surface area (Å²) >= 11 is 0. The zero-order chi connectivity index (χ0) is 15.0. The van der Waals surface area contributed by atoms with Gasteiger partial charge in [-0.05, 0) is 30.7 Å². The zero-order valence-electron chi connectivity index (χ0n) is 12.3. The van der Waals surface area contributed by atoms with Crippen LogP contribution >= 0.6 is 0 Å². The normalized spacial score (nSPS) is 21.4. The number of amides is 1. The van der Waals surface area contributed by atoms with E-state index >= 15 is 0 Å². The first-order chi connectivity index (χ1) is 9.99. The number of rotatable bonds is 1. The summed E-state index contributed by atoms with van der Waals surface area (Å²) in [6.07, 6.45) is 0. The molecular formula is C17H19NO2S. The van der Waals surface area contributed by atoms with Crippen LogP contribution in [-0.4, -0.2) is 38.6 Å². The Bertz CT molecular complexity index is 718. The van der Waals surface area contributed by atoms with Crippen LogP contribution in [0.15, 0.2) is 42.5 Å². The van der Waals surface area contributed by atoms with E-state index in [0.717, 1.165) is 16.3 Å². The highest BCUT2D eigenvalue weighted by Gasteiger charge is 2.35. The van der Waals surface area contributed by atoms with Gasteiger partial charge in [0.2, 0.25) is 0 Å². The van der Waals surface area contributed by atoms with Gasteiger partial charge in [-0.15, -0.1) is 0 Å². The average Bonchev–Trinajstić information content (AvgIpc) is 2.48. The molecule has 0 aliphatic carbocycles. The molecule has 0 radical (unpaired) electrons. The number of carbonyl (C=O) groups excluding carboxylic acids is 1. The number of benzene rings is 2. The van der Waals surface area contributed by atoms with E-state index in [2.05, 4.69) is 0 Å². The van der Waals surface area contributed by atoms with Crippen molar-refractivity contribution in [2.75, 3.05) is 18.8 Å².